The fraction of sp³-hybridized carbons (Fsp3) is 0.429. The zero-order valence-corrected chi connectivity index (χ0v) is 11.0. The van der Waals surface area contributed by atoms with Gasteiger partial charge in [0.15, 0.2) is 0 Å². The molecule has 1 aromatic rings. The summed E-state index contributed by atoms with van der Waals surface area (Å²) in [6.07, 6.45) is 10.7. The van der Waals surface area contributed by atoms with Crippen molar-refractivity contribution in [2.75, 3.05) is 0 Å². The molecule has 0 fully saturated rings. The van der Waals surface area contributed by atoms with E-state index >= 15 is 0 Å². The van der Waals surface area contributed by atoms with E-state index in [1.807, 2.05) is 13.0 Å². The third-order valence-electron chi connectivity index (χ3n) is 2.61. The Morgan fingerprint density at radius 2 is 2.22 bits per heavy atom. The van der Waals surface area contributed by atoms with E-state index < -0.39 is 0 Å². The summed E-state index contributed by atoms with van der Waals surface area (Å²) in [6.45, 7) is 4.72. The molecule has 4 heteroatoms. The first-order valence-corrected chi connectivity index (χ1v) is 6.29. The number of nitrogens with one attached hydrogen (secondary N) is 1. The molecule has 18 heavy (non-hydrogen) atoms. The van der Waals surface area contributed by atoms with Crippen molar-refractivity contribution < 1.29 is 0 Å². The monoisotopic (exact) mass is 248 g/mol. The smallest absolute Gasteiger partial charge is 0.301 e. The van der Waals surface area contributed by atoms with Crippen LogP contribution in [0.2, 0.25) is 0 Å². The summed E-state index contributed by atoms with van der Waals surface area (Å²) in [5, 5.41) is 0. The minimum absolute atomic E-state index is 0.338. The van der Waals surface area contributed by atoms with Gasteiger partial charge in [0.2, 0.25) is 0 Å². The molecule has 0 saturated carbocycles. The van der Waals surface area contributed by atoms with Gasteiger partial charge in [-0.1, -0.05) is 30.7 Å². The van der Waals surface area contributed by atoms with E-state index in [1.165, 1.54) is 16.2 Å². The van der Waals surface area contributed by atoms with Gasteiger partial charge in [0, 0.05) is 18.8 Å². The second kappa shape index (κ2) is 7.48. The first-order valence-electron chi connectivity index (χ1n) is 6.29. The molecule has 98 valence electrons. The number of aromatic nitrogens is 2. The molecule has 0 unspecified atom stereocenters. The lowest BCUT2D eigenvalue weighted by molar-refractivity contribution is 0.605. The fourth-order valence-electron chi connectivity index (χ4n) is 1.80. The summed E-state index contributed by atoms with van der Waals surface area (Å²) in [4.78, 5) is 24.6. The number of nitrogens with zero attached hydrogens (tertiary/aromatic N) is 1. The number of hydrogen-bond acceptors (Lipinski definition) is 2. The van der Waals surface area contributed by atoms with E-state index in [0.29, 0.717) is 6.54 Å². The maximum Gasteiger partial charge on any atom is 0.328 e. The molecule has 0 aliphatic rings. The first kappa shape index (κ1) is 14.2. The number of aryl methyl sites for hydroxylation is 1. The van der Waals surface area contributed by atoms with Crippen molar-refractivity contribution in [2.24, 2.45) is 0 Å². The Morgan fingerprint density at radius 3 is 2.83 bits per heavy atom. The molecule has 0 saturated heterocycles. The van der Waals surface area contributed by atoms with E-state index in [9.17, 15) is 9.59 Å². The van der Waals surface area contributed by atoms with Crippen LogP contribution >= 0.6 is 0 Å². The van der Waals surface area contributed by atoms with Gasteiger partial charge in [-0.05, 0) is 26.2 Å². The molecular weight excluding hydrogens is 228 g/mol. The predicted molar refractivity (Wildman–Crippen MR) is 73.7 cm³/mol. The summed E-state index contributed by atoms with van der Waals surface area (Å²) in [6, 6.07) is 1.37. The van der Waals surface area contributed by atoms with Gasteiger partial charge in [-0.3, -0.25) is 9.78 Å². The van der Waals surface area contributed by atoms with Crippen molar-refractivity contribution >= 4 is 0 Å². The van der Waals surface area contributed by atoms with Crippen LogP contribution in [0, 0.1) is 0 Å². The van der Waals surface area contributed by atoms with Crippen LogP contribution in [0.15, 0.2) is 45.7 Å². The Balaban J connectivity index is 2.58. The SMILES string of the molecule is C/C=C\C(=C/CC)CCCn1ccc(=O)[nH]c1=O. The number of allylic oxidation sites excluding steroid dienone is 4. The standard InChI is InChI=1S/C14H20N2O2/c1-3-6-12(7-4-2)8-5-10-16-11-9-13(17)15-14(16)18/h3,6-7,9,11H,4-5,8,10H2,1-2H3,(H,15,17,18)/b6-3-,12-7+. The van der Waals surface area contributed by atoms with E-state index in [0.717, 1.165) is 19.3 Å². The molecule has 0 amide bonds. The molecule has 1 rings (SSSR count). The molecule has 1 heterocycles. The van der Waals surface area contributed by atoms with Crippen molar-refractivity contribution in [2.45, 2.75) is 39.7 Å². The largest absolute Gasteiger partial charge is 0.328 e. The average molecular weight is 248 g/mol. The predicted octanol–water partition coefficient (Wildman–Crippen LogP) is 2.23. The van der Waals surface area contributed by atoms with Gasteiger partial charge in [-0.25, -0.2) is 4.79 Å². The summed E-state index contributed by atoms with van der Waals surface area (Å²) in [5.41, 5.74) is 0.601. The van der Waals surface area contributed by atoms with Gasteiger partial charge in [0.25, 0.3) is 5.56 Å². The van der Waals surface area contributed by atoms with Gasteiger partial charge >= 0.3 is 5.69 Å². The van der Waals surface area contributed by atoms with Crippen molar-refractivity contribution in [3.05, 3.63) is 56.9 Å². The van der Waals surface area contributed by atoms with Crippen LogP contribution in [-0.4, -0.2) is 9.55 Å². The molecule has 0 radical (unpaired) electrons. The summed E-state index contributed by atoms with van der Waals surface area (Å²) >= 11 is 0. The second-order valence-corrected chi connectivity index (χ2v) is 4.09. The van der Waals surface area contributed by atoms with E-state index in [2.05, 4.69) is 24.1 Å². The van der Waals surface area contributed by atoms with Crippen molar-refractivity contribution in [1.29, 1.82) is 0 Å². The normalized spacial score (nSPS) is 12.2. The lowest BCUT2D eigenvalue weighted by atomic mass is 10.1. The van der Waals surface area contributed by atoms with Gasteiger partial charge in [0.05, 0.1) is 0 Å². The highest BCUT2D eigenvalue weighted by Crippen LogP contribution is 2.08. The lowest BCUT2D eigenvalue weighted by Gasteiger charge is -2.05. The number of H-pyrrole nitrogens is 1. The van der Waals surface area contributed by atoms with Crippen LogP contribution in [0.4, 0.5) is 0 Å². The Kier molecular flexibility index (Phi) is 5.91. The third-order valence-corrected chi connectivity index (χ3v) is 2.61. The molecule has 1 aromatic heterocycles. The average Bonchev–Trinajstić information content (AvgIpc) is 2.32. The van der Waals surface area contributed by atoms with Crippen LogP contribution < -0.4 is 11.2 Å². The molecule has 0 aliphatic heterocycles. The highest BCUT2D eigenvalue weighted by molar-refractivity contribution is 5.17. The number of rotatable bonds is 6. The fourth-order valence-corrected chi connectivity index (χ4v) is 1.80. The Bertz CT molecular complexity index is 535. The minimum atomic E-state index is -0.350. The molecule has 0 bridgehead atoms. The van der Waals surface area contributed by atoms with Crippen LogP contribution in [0.3, 0.4) is 0 Å². The molecule has 0 atom stereocenters. The maximum atomic E-state index is 11.4. The van der Waals surface area contributed by atoms with Crippen LogP contribution in [-0.2, 0) is 6.54 Å². The molecule has 0 aromatic carbocycles. The minimum Gasteiger partial charge on any atom is -0.301 e. The molecule has 4 nitrogen and oxygen atoms in total. The van der Waals surface area contributed by atoms with Gasteiger partial charge in [0.1, 0.15) is 0 Å². The van der Waals surface area contributed by atoms with Gasteiger partial charge < -0.3 is 4.57 Å². The van der Waals surface area contributed by atoms with Crippen LogP contribution in [0.5, 0.6) is 0 Å². The topological polar surface area (TPSA) is 54.9 Å². The van der Waals surface area contributed by atoms with Crippen LogP contribution in [0.1, 0.15) is 33.1 Å². The maximum absolute atomic E-state index is 11.4. The summed E-state index contributed by atoms with van der Waals surface area (Å²) in [5.74, 6) is 0. The van der Waals surface area contributed by atoms with Crippen molar-refractivity contribution in [3.8, 4) is 0 Å². The van der Waals surface area contributed by atoms with Crippen molar-refractivity contribution in [1.82, 2.24) is 9.55 Å². The summed E-state index contributed by atoms with van der Waals surface area (Å²) < 4.78 is 1.53. The van der Waals surface area contributed by atoms with E-state index in [4.69, 9.17) is 0 Å². The molecule has 1 N–H and O–H groups in total. The number of aromatic amines is 1. The van der Waals surface area contributed by atoms with E-state index in [1.54, 1.807) is 6.20 Å². The zero-order valence-electron chi connectivity index (χ0n) is 11.0. The van der Waals surface area contributed by atoms with Gasteiger partial charge in [-0.15, -0.1) is 0 Å². The highest BCUT2D eigenvalue weighted by Gasteiger charge is 1.97. The Labute approximate surface area is 107 Å². The van der Waals surface area contributed by atoms with Crippen molar-refractivity contribution in [3.63, 3.8) is 0 Å². The molecule has 0 spiro atoms. The highest BCUT2D eigenvalue weighted by atomic mass is 16.2. The van der Waals surface area contributed by atoms with Gasteiger partial charge in [-0.2, -0.15) is 0 Å². The number of hydrogen-bond donors (Lipinski definition) is 1. The first-order chi connectivity index (χ1) is 8.67. The van der Waals surface area contributed by atoms with E-state index in [-0.39, 0.29) is 11.2 Å². The molecular formula is C14H20N2O2. The van der Waals surface area contributed by atoms with Crippen LogP contribution in [0.25, 0.3) is 0 Å². The summed E-state index contributed by atoms with van der Waals surface area (Å²) in [7, 11) is 0. The Morgan fingerprint density at radius 1 is 1.44 bits per heavy atom. The molecule has 0 aliphatic carbocycles. The quantitative estimate of drug-likeness (QED) is 0.785. The third kappa shape index (κ3) is 4.57. The lowest BCUT2D eigenvalue weighted by Crippen LogP contribution is -2.28. The zero-order chi connectivity index (χ0) is 13.4. The Hall–Kier alpha value is -1.84. The second-order valence-electron chi connectivity index (χ2n) is 4.09.